The summed E-state index contributed by atoms with van der Waals surface area (Å²) in [5.74, 6) is 0.327. The molecule has 0 saturated heterocycles. The third-order valence-corrected chi connectivity index (χ3v) is 7.08. The number of carbonyl (C=O) groups is 1. The average molecular weight is 560 g/mol. The van der Waals surface area contributed by atoms with Gasteiger partial charge in [-0.3, -0.25) is 0 Å². The predicted molar refractivity (Wildman–Crippen MR) is 124 cm³/mol. The summed E-state index contributed by atoms with van der Waals surface area (Å²) < 4.78 is 11.6. The Labute approximate surface area is 201 Å². The van der Waals surface area contributed by atoms with Crippen LogP contribution in [0.25, 0.3) is 10.9 Å². The number of nitrogens with zero attached hydrogens (tertiary/aromatic N) is 1. The number of halogens is 2. The summed E-state index contributed by atoms with van der Waals surface area (Å²) in [4.78, 5) is 26.2. The van der Waals surface area contributed by atoms with Crippen molar-refractivity contribution >= 4 is 28.4 Å². The van der Waals surface area contributed by atoms with E-state index in [1.54, 1.807) is 22.8 Å². The molecule has 2 heterocycles. The van der Waals surface area contributed by atoms with Gasteiger partial charge in [-0.25, -0.2) is 0 Å². The first-order chi connectivity index (χ1) is 15.6. The normalized spacial score (nSPS) is 13.2. The van der Waals surface area contributed by atoms with E-state index in [4.69, 9.17) is 16.3 Å². The van der Waals surface area contributed by atoms with Crippen molar-refractivity contribution in [3.63, 3.8) is 0 Å². The van der Waals surface area contributed by atoms with E-state index in [9.17, 15) is 9.59 Å². The summed E-state index contributed by atoms with van der Waals surface area (Å²) in [5.41, 5.74) is 1.44. The fourth-order valence-corrected chi connectivity index (χ4v) is 5.04. The van der Waals surface area contributed by atoms with Gasteiger partial charge in [0.15, 0.2) is 0 Å². The van der Waals surface area contributed by atoms with Gasteiger partial charge in [0, 0.05) is 0 Å². The standard InChI is InChI=1S/C25H21ClIN2O3/c26-20-10-9-19-14-22(24(30)28-17-18-6-4-5-11-27-16-18)25(31)29(23(19)15-20)12-13-32-21-7-2-1-3-8-21/h1-11,14-16H,12-13,17H2,(H,28,30)/q-1. The van der Waals surface area contributed by atoms with E-state index in [-0.39, 0.29) is 45.5 Å². The molecular formula is C25H21ClIN2O3-. The molecule has 0 aliphatic carbocycles. The maximum absolute atomic E-state index is 13.3. The van der Waals surface area contributed by atoms with Crippen molar-refractivity contribution < 1.29 is 30.7 Å². The summed E-state index contributed by atoms with van der Waals surface area (Å²) >= 11 is 6.03. The van der Waals surface area contributed by atoms with Crippen LogP contribution in [0, 0.1) is 0 Å². The van der Waals surface area contributed by atoms with Crippen LogP contribution in [0.2, 0.25) is 5.02 Å². The van der Waals surface area contributed by atoms with Crippen LogP contribution >= 0.6 is 11.6 Å². The second kappa shape index (κ2) is 10.7. The number of hydrogen-bond acceptors (Lipinski definition) is 3. The van der Waals surface area contributed by atoms with Crippen molar-refractivity contribution in [3.05, 3.63) is 108 Å². The molecule has 0 radical (unpaired) electrons. The van der Waals surface area contributed by atoms with Crippen molar-refractivity contribution in [2.45, 2.75) is 6.54 Å². The minimum atomic E-state index is -0.394. The molecule has 0 spiro atoms. The Hall–Kier alpha value is -2.84. The molecule has 1 N–H and O–H groups in total. The van der Waals surface area contributed by atoms with E-state index in [1.165, 1.54) is 0 Å². The fraction of sp³-hybridized carbons (Fsp3) is 0.120. The molecule has 32 heavy (non-hydrogen) atoms. The van der Waals surface area contributed by atoms with Crippen LogP contribution in [0.5, 0.6) is 5.75 Å². The molecular weight excluding hydrogens is 539 g/mol. The van der Waals surface area contributed by atoms with Gasteiger partial charge < -0.3 is 0 Å². The summed E-state index contributed by atoms with van der Waals surface area (Å²) in [6, 6.07) is 16.3. The summed E-state index contributed by atoms with van der Waals surface area (Å²) in [5, 5.41) is 4.17. The first-order valence-electron chi connectivity index (χ1n) is 10.1. The molecule has 3 aromatic rings. The molecule has 0 fully saturated rings. The fourth-order valence-electron chi connectivity index (χ4n) is 3.29. The number of ether oxygens (including phenoxy) is 1. The number of carbonyl (C=O) groups excluding carboxylic acids is 1. The average Bonchev–Trinajstić information content (AvgIpc) is 3.08. The molecule has 0 bridgehead atoms. The number of benzene rings is 2. The van der Waals surface area contributed by atoms with Gasteiger partial charge in [-0.15, -0.1) is 0 Å². The number of aromatic nitrogens is 1. The van der Waals surface area contributed by atoms with Crippen LogP contribution in [0.4, 0.5) is 0 Å². The minimum absolute atomic E-state index is 0.102. The van der Waals surface area contributed by atoms with Gasteiger partial charge in [0.2, 0.25) is 0 Å². The zero-order valence-electron chi connectivity index (χ0n) is 17.1. The SMILES string of the molecule is O=C(NCC1=C[I-]C=CC=C1)c1cc2ccc(Cl)cc2n(CCOc2ccccc2)c1=O. The Morgan fingerprint density at radius 3 is 2.78 bits per heavy atom. The van der Waals surface area contributed by atoms with Gasteiger partial charge in [-0.05, 0) is 12.1 Å². The Bertz CT molecular complexity index is 1280. The van der Waals surface area contributed by atoms with E-state index in [0.717, 1.165) is 16.7 Å². The first-order valence-corrected chi connectivity index (χ1v) is 12.9. The number of hydrogen-bond donors (Lipinski definition) is 1. The number of fused-ring (bicyclic) bond motifs is 1. The molecule has 5 nitrogen and oxygen atoms in total. The zero-order chi connectivity index (χ0) is 22.3. The predicted octanol–water partition coefficient (Wildman–Crippen LogP) is 1.52. The number of allylic oxidation sites excluding steroid dienone is 2. The third kappa shape index (κ3) is 5.49. The second-order valence-corrected chi connectivity index (χ2v) is 9.55. The number of amides is 1. The number of nitrogens with one attached hydrogen (secondary N) is 1. The van der Waals surface area contributed by atoms with Crippen LogP contribution in [0.3, 0.4) is 0 Å². The van der Waals surface area contributed by atoms with Crippen molar-refractivity contribution in [2.75, 3.05) is 13.2 Å². The molecule has 1 amide bonds. The molecule has 1 aliphatic heterocycles. The Morgan fingerprint density at radius 2 is 1.94 bits per heavy atom. The van der Waals surface area contributed by atoms with Crippen molar-refractivity contribution in [1.82, 2.24) is 9.88 Å². The van der Waals surface area contributed by atoms with Crippen LogP contribution in [-0.4, -0.2) is 23.6 Å². The Balaban J connectivity index is 1.59. The molecule has 1 aromatic heterocycles. The van der Waals surface area contributed by atoms with Crippen LogP contribution in [0.15, 0.2) is 91.4 Å². The molecule has 1 aliphatic rings. The number of para-hydroxylation sites is 1. The summed E-state index contributed by atoms with van der Waals surface area (Å²) in [7, 11) is 0. The Morgan fingerprint density at radius 1 is 1.09 bits per heavy atom. The van der Waals surface area contributed by atoms with Crippen molar-refractivity contribution in [1.29, 1.82) is 0 Å². The van der Waals surface area contributed by atoms with Crippen molar-refractivity contribution in [2.24, 2.45) is 0 Å². The molecule has 0 atom stereocenters. The van der Waals surface area contributed by atoms with E-state index in [0.29, 0.717) is 17.1 Å². The van der Waals surface area contributed by atoms with Gasteiger partial charge >= 0.3 is 172 Å². The van der Waals surface area contributed by atoms with E-state index < -0.39 is 5.91 Å². The van der Waals surface area contributed by atoms with E-state index in [2.05, 4.69) is 13.5 Å². The van der Waals surface area contributed by atoms with Crippen molar-refractivity contribution in [3.8, 4) is 5.75 Å². The van der Waals surface area contributed by atoms with Gasteiger partial charge in [-0.1, -0.05) is 18.2 Å². The Kier molecular flexibility index (Phi) is 7.44. The molecule has 2 aromatic carbocycles. The van der Waals surface area contributed by atoms with E-state index >= 15 is 0 Å². The molecule has 164 valence electrons. The van der Waals surface area contributed by atoms with Gasteiger partial charge in [-0.2, -0.15) is 0 Å². The monoisotopic (exact) mass is 559 g/mol. The summed E-state index contributed by atoms with van der Waals surface area (Å²) in [6.07, 6.45) is 5.96. The summed E-state index contributed by atoms with van der Waals surface area (Å²) in [6.45, 7) is 0.951. The third-order valence-electron chi connectivity index (χ3n) is 4.85. The molecule has 0 unspecified atom stereocenters. The van der Waals surface area contributed by atoms with Crippen LogP contribution < -0.4 is 36.8 Å². The van der Waals surface area contributed by atoms with Crippen LogP contribution in [-0.2, 0) is 6.54 Å². The molecule has 4 rings (SSSR count). The van der Waals surface area contributed by atoms with E-state index in [1.807, 2.05) is 54.6 Å². The van der Waals surface area contributed by atoms with Gasteiger partial charge in [0.1, 0.15) is 0 Å². The zero-order valence-corrected chi connectivity index (χ0v) is 20.0. The maximum atomic E-state index is 13.3. The number of rotatable bonds is 7. The quantitative estimate of drug-likeness (QED) is 0.447. The van der Waals surface area contributed by atoms with Gasteiger partial charge in [0.05, 0.1) is 0 Å². The first kappa shape index (κ1) is 22.4. The molecule has 7 heteroatoms. The molecule has 0 saturated carbocycles. The topological polar surface area (TPSA) is 60.3 Å². The second-order valence-electron chi connectivity index (χ2n) is 7.05. The van der Waals surface area contributed by atoms with Crippen LogP contribution in [0.1, 0.15) is 10.4 Å². The number of pyridine rings is 1. The van der Waals surface area contributed by atoms with Gasteiger partial charge in [0.25, 0.3) is 0 Å².